The van der Waals surface area contributed by atoms with E-state index < -0.39 is 0 Å². The van der Waals surface area contributed by atoms with Crippen LogP contribution in [0.5, 0.6) is 0 Å². The van der Waals surface area contributed by atoms with Crippen LogP contribution >= 0.6 is 43.5 Å². The summed E-state index contributed by atoms with van der Waals surface area (Å²) < 4.78 is 14.3. The molecule has 0 aromatic heterocycles. The van der Waals surface area contributed by atoms with Gasteiger partial charge in [0.15, 0.2) is 0 Å². The van der Waals surface area contributed by atoms with E-state index in [2.05, 4.69) is 31.9 Å². The molecule has 15 heavy (non-hydrogen) atoms. The lowest BCUT2D eigenvalue weighted by Crippen LogP contribution is -2.17. The number of alkyl halides is 1. The molecule has 1 unspecified atom stereocenters. The summed E-state index contributed by atoms with van der Waals surface area (Å²) in [6.45, 7) is 0. The molecule has 0 aliphatic heterocycles. The summed E-state index contributed by atoms with van der Waals surface area (Å²) >= 11 is 12.7. The highest BCUT2D eigenvalue weighted by molar-refractivity contribution is 9.10. The molecular formula is C11H10Br2ClF. The highest BCUT2D eigenvalue weighted by Crippen LogP contribution is 2.44. The minimum atomic E-state index is -0.194. The lowest BCUT2D eigenvalue weighted by atomic mass is 9.81. The van der Waals surface area contributed by atoms with Crippen LogP contribution in [0.2, 0.25) is 5.02 Å². The molecule has 4 heteroatoms. The number of hydrogen-bond acceptors (Lipinski definition) is 0. The van der Waals surface area contributed by atoms with Gasteiger partial charge in [0.05, 0.1) is 5.02 Å². The van der Waals surface area contributed by atoms with Gasteiger partial charge in [0.25, 0.3) is 0 Å². The van der Waals surface area contributed by atoms with Crippen molar-refractivity contribution >= 4 is 43.5 Å². The van der Waals surface area contributed by atoms with Gasteiger partial charge in [0.1, 0.15) is 5.82 Å². The first-order valence-electron chi connectivity index (χ1n) is 4.88. The fraction of sp³-hybridized carbons (Fsp3) is 0.455. The van der Waals surface area contributed by atoms with Crippen LogP contribution in [-0.4, -0.2) is 0 Å². The molecule has 0 heterocycles. The second-order valence-corrected chi connectivity index (χ2v) is 6.13. The highest BCUT2D eigenvalue weighted by atomic mass is 79.9. The molecule has 1 fully saturated rings. The molecule has 1 atom stereocenters. The van der Waals surface area contributed by atoms with Crippen molar-refractivity contribution in [2.75, 3.05) is 0 Å². The van der Waals surface area contributed by atoms with Gasteiger partial charge < -0.3 is 0 Å². The minimum absolute atomic E-state index is 0.0943. The molecule has 1 aliphatic carbocycles. The van der Waals surface area contributed by atoms with Crippen molar-refractivity contribution in [3.05, 3.63) is 33.0 Å². The Balaban J connectivity index is 2.30. The molecule has 0 nitrogen and oxygen atoms in total. The van der Waals surface area contributed by atoms with Crippen molar-refractivity contribution in [1.82, 2.24) is 0 Å². The maximum atomic E-state index is 13.7. The molecular weight excluding hydrogens is 346 g/mol. The molecule has 0 saturated heterocycles. The number of halogens is 4. The van der Waals surface area contributed by atoms with E-state index in [1.807, 2.05) is 0 Å². The summed E-state index contributed by atoms with van der Waals surface area (Å²) in [5.74, 6) is 0.358. The van der Waals surface area contributed by atoms with Crippen LogP contribution in [0.1, 0.15) is 29.7 Å². The predicted octanol–water partition coefficient (Wildman–Crippen LogP) is 5.48. The van der Waals surface area contributed by atoms with Crippen LogP contribution in [0.25, 0.3) is 0 Å². The highest BCUT2D eigenvalue weighted by Gasteiger charge is 2.28. The lowest BCUT2D eigenvalue weighted by molar-refractivity contribution is 0.309. The van der Waals surface area contributed by atoms with Gasteiger partial charge in [-0.3, -0.25) is 0 Å². The Labute approximate surface area is 110 Å². The lowest BCUT2D eigenvalue weighted by Gasteiger charge is -2.30. The third-order valence-electron chi connectivity index (χ3n) is 2.90. The molecule has 2 rings (SSSR count). The van der Waals surface area contributed by atoms with E-state index in [0.717, 1.165) is 0 Å². The Morgan fingerprint density at radius 1 is 1.40 bits per heavy atom. The third kappa shape index (κ3) is 2.40. The smallest absolute Gasteiger partial charge is 0.128 e. The van der Waals surface area contributed by atoms with Gasteiger partial charge in [-0.2, -0.15) is 0 Å². The van der Waals surface area contributed by atoms with Crippen molar-refractivity contribution in [3.8, 4) is 0 Å². The molecule has 1 aromatic rings. The van der Waals surface area contributed by atoms with Gasteiger partial charge in [0.2, 0.25) is 0 Å². The summed E-state index contributed by atoms with van der Waals surface area (Å²) in [6.07, 6.45) is 3.59. The summed E-state index contributed by atoms with van der Waals surface area (Å²) in [4.78, 5) is 0.0943. The van der Waals surface area contributed by atoms with Crippen LogP contribution in [-0.2, 0) is 0 Å². The topological polar surface area (TPSA) is 0 Å². The Hall–Kier alpha value is 0.400. The molecule has 0 radical (unpaired) electrons. The van der Waals surface area contributed by atoms with E-state index in [1.165, 1.54) is 25.3 Å². The normalized spacial score (nSPS) is 18.7. The zero-order valence-corrected chi connectivity index (χ0v) is 11.9. The van der Waals surface area contributed by atoms with Crippen molar-refractivity contribution in [3.63, 3.8) is 0 Å². The van der Waals surface area contributed by atoms with Crippen LogP contribution in [0.3, 0.4) is 0 Å². The third-order valence-corrected chi connectivity index (χ3v) is 5.34. The second-order valence-electron chi connectivity index (χ2n) is 3.88. The van der Waals surface area contributed by atoms with Crippen molar-refractivity contribution in [2.45, 2.75) is 24.1 Å². The van der Waals surface area contributed by atoms with E-state index in [4.69, 9.17) is 11.6 Å². The summed E-state index contributed by atoms with van der Waals surface area (Å²) in [5.41, 5.74) is 0.674. The summed E-state index contributed by atoms with van der Waals surface area (Å²) in [6, 6.07) is 3.14. The Morgan fingerprint density at radius 2 is 2.07 bits per heavy atom. The quantitative estimate of drug-likeness (QED) is 0.486. The molecule has 82 valence electrons. The molecule has 1 saturated carbocycles. The summed E-state index contributed by atoms with van der Waals surface area (Å²) in [7, 11) is 0. The second kappa shape index (κ2) is 4.72. The molecule has 0 bridgehead atoms. The summed E-state index contributed by atoms with van der Waals surface area (Å²) in [5, 5.41) is 0.565. The van der Waals surface area contributed by atoms with Gasteiger partial charge in [-0.25, -0.2) is 4.39 Å². The Kier molecular flexibility index (Phi) is 3.74. The maximum Gasteiger partial charge on any atom is 0.128 e. The zero-order valence-electron chi connectivity index (χ0n) is 7.94. The van der Waals surface area contributed by atoms with E-state index in [0.29, 0.717) is 21.0 Å². The first-order valence-corrected chi connectivity index (χ1v) is 6.97. The maximum absolute atomic E-state index is 13.7. The molecule has 0 amide bonds. The first kappa shape index (κ1) is 11.9. The average molecular weight is 356 g/mol. The largest absolute Gasteiger partial charge is 0.207 e. The monoisotopic (exact) mass is 354 g/mol. The Morgan fingerprint density at radius 3 is 2.60 bits per heavy atom. The van der Waals surface area contributed by atoms with Gasteiger partial charge in [-0.1, -0.05) is 34.0 Å². The molecule has 0 spiro atoms. The van der Waals surface area contributed by atoms with Crippen LogP contribution in [0, 0.1) is 11.7 Å². The van der Waals surface area contributed by atoms with E-state index in [-0.39, 0.29) is 10.6 Å². The van der Waals surface area contributed by atoms with Gasteiger partial charge in [-0.15, -0.1) is 0 Å². The molecule has 0 N–H and O–H groups in total. The SMILES string of the molecule is Fc1cc(Br)c(Cl)cc1C(Br)C1CCC1. The van der Waals surface area contributed by atoms with E-state index >= 15 is 0 Å². The van der Waals surface area contributed by atoms with Gasteiger partial charge in [0, 0.05) is 14.9 Å². The zero-order chi connectivity index (χ0) is 11.0. The van der Waals surface area contributed by atoms with Crippen LogP contribution < -0.4 is 0 Å². The Bertz CT molecular complexity index is 377. The van der Waals surface area contributed by atoms with Gasteiger partial charge >= 0.3 is 0 Å². The predicted molar refractivity (Wildman–Crippen MR) is 68.1 cm³/mol. The number of benzene rings is 1. The van der Waals surface area contributed by atoms with Crippen LogP contribution in [0.15, 0.2) is 16.6 Å². The average Bonchev–Trinajstić information content (AvgIpc) is 2.08. The van der Waals surface area contributed by atoms with Crippen LogP contribution in [0.4, 0.5) is 4.39 Å². The van der Waals surface area contributed by atoms with Crippen molar-refractivity contribution in [2.24, 2.45) is 5.92 Å². The standard InChI is InChI=1S/C11H10Br2ClF/c12-8-5-10(15)7(4-9(8)14)11(13)6-2-1-3-6/h4-6,11H,1-3H2. The van der Waals surface area contributed by atoms with E-state index in [1.54, 1.807) is 6.07 Å². The number of rotatable bonds is 2. The fourth-order valence-electron chi connectivity index (χ4n) is 1.74. The number of hydrogen-bond donors (Lipinski definition) is 0. The van der Waals surface area contributed by atoms with E-state index in [9.17, 15) is 4.39 Å². The molecule has 1 aliphatic rings. The van der Waals surface area contributed by atoms with Gasteiger partial charge in [-0.05, 0) is 46.8 Å². The minimum Gasteiger partial charge on any atom is -0.207 e. The molecule has 1 aromatic carbocycles. The first-order chi connectivity index (χ1) is 7.09. The van der Waals surface area contributed by atoms with Crippen molar-refractivity contribution < 1.29 is 4.39 Å². The van der Waals surface area contributed by atoms with Crippen molar-refractivity contribution in [1.29, 1.82) is 0 Å². The fourth-order valence-corrected chi connectivity index (χ4v) is 3.10.